The summed E-state index contributed by atoms with van der Waals surface area (Å²) in [5, 5.41) is 3.60. The molecule has 92 valence electrons. The summed E-state index contributed by atoms with van der Waals surface area (Å²) in [6.45, 7) is 0. The fourth-order valence-corrected chi connectivity index (χ4v) is 3.09. The van der Waals surface area contributed by atoms with Gasteiger partial charge in [-0.05, 0) is 60.1 Å². The van der Waals surface area contributed by atoms with Crippen molar-refractivity contribution in [2.45, 2.75) is 30.7 Å². The molecule has 0 aliphatic heterocycles. The average molecular weight is 384 g/mol. The highest BCUT2D eigenvalue weighted by molar-refractivity contribution is 14.1. The van der Waals surface area contributed by atoms with Crippen molar-refractivity contribution >= 4 is 51.7 Å². The van der Waals surface area contributed by atoms with E-state index in [-0.39, 0.29) is 17.3 Å². The van der Waals surface area contributed by atoms with Crippen LogP contribution in [0.15, 0.2) is 18.2 Å². The summed E-state index contributed by atoms with van der Waals surface area (Å²) in [7, 11) is 0. The first kappa shape index (κ1) is 13.4. The molecule has 0 aromatic heterocycles. The first-order chi connectivity index (χ1) is 8.08. The van der Waals surface area contributed by atoms with Gasteiger partial charge in [-0.15, -0.1) is 11.6 Å². The summed E-state index contributed by atoms with van der Waals surface area (Å²) < 4.78 is 0.897. The van der Waals surface area contributed by atoms with Crippen LogP contribution in [0.2, 0.25) is 5.02 Å². The Morgan fingerprint density at radius 1 is 1.41 bits per heavy atom. The molecule has 17 heavy (non-hydrogen) atoms. The third-order valence-corrected chi connectivity index (χ3v) is 4.62. The molecule has 5 heteroatoms. The molecule has 2 atom stereocenters. The summed E-state index contributed by atoms with van der Waals surface area (Å²) >= 11 is 14.2. The molecule has 0 spiro atoms. The van der Waals surface area contributed by atoms with Crippen LogP contribution in [-0.2, 0) is 0 Å². The van der Waals surface area contributed by atoms with Gasteiger partial charge in [-0.25, -0.2) is 0 Å². The van der Waals surface area contributed by atoms with Crippen molar-refractivity contribution in [3.63, 3.8) is 0 Å². The lowest BCUT2D eigenvalue weighted by Gasteiger charge is -2.16. The van der Waals surface area contributed by atoms with Gasteiger partial charge in [0.15, 0.2) is 0 Å². The first-order valence-electron chi connectivity index (χ1n) is 5.48. The monoisotopic (exact) mass is 383 g/mol. The lowest BCUT2D eigenvalue weighted by atomic mass is 10.2. The van der Waals surface area contributed by atoms with Crippen LogP contribution in [0.5, 0.6) is 0 Å². The molecule has 0 bridgehead atoms. The Balaban J connectivity index is 2.11. The van der Waals surface area contributed by atoms with E-state index in [4.69, 9.17) is 23.2 Å². The molecule has 1 aliphatic rings. The van der Waals surface area contributed by atoms with E-state index in [2.05, 4.69) is 27.9 Å². The highest BCUT2D eigenvalue weighted by Crippen LogP contribution is 2.25. The normalized spacial score (nSPS) is 23.7. The largest absolute Gasteiger partial charge is 0.348 e. The molecule has 2 rings (SSSR count). The van der Waals surface area contributed by atoms with Gasteiger partial charge in [0.05, 0.1) is 10.9 Å². The molecule has 1 fully saturated rings. The van der Waals surface area contributed by atoms with E-state index in [9.17, 15) is 4.79 Å². The number of hydrogen-bond donors (Lipinski definition) is 1. The Bertz CT molecular complexity index is 439. The summed E-state index contributed by atoms with van der Waals surface area (Å²) in [6, 6.07) is 5.39. The summed E-state index contributed by atoms with van der Waals surface area (Å²) in [6.07, 6.45) is 3.00. The number of amides is 1. The van der Waals surface area contributed by atoms with Gasteiger partial charge >= 0.3 is 0 Å². The van der Waals surface area contributed by atoms with Crippen molar-refractivity contribution in [1.29, 1.82) is 0 Å². The molecule has 0 saturated heterocycles. The second-order valence-corrected chi connectivity index (χ2v) is 6.31. The lowest BCUT2D eigenvalue weighted by Crippen LogP contribution is -2.38. The molecule has 1 N–H and O–H groups in total. The van der Waals surface area contributed by atoms with E-state index in [0.717, 1.165) is 22.8 Å². The van der Waals surface area contributed by atoms with Gasteiger partial charge in [-0.2, -0.15) is 0 Å². The maximum atomic E-state index is 12.1. The minimum atomic E-state index is -0.0885. The number of halogens is 3. The quantitative estimate of drug-likeness (QED) is 0.610. The Kier molecular flexibility index (Phi) is 4.55. The summed E-state index contributed by atoms with van der Waals surface area (Å²) in [5.41, 5.74) is 0.619. The minimum Gasteiger partial charge on any atom is -0.348 e. The molecule has 1 amide bonds. The van der Waals surface area contributed by atoms with Gasteiger partial charge in [0.2, 0.25) is 0 Å². The number of rotatable bonds is 2. The molecule has 0 radical (unpaired) electrons. The molecule has 1 aliphatic carbocycles. The van der Waals surface area contributed by atoms with Crippen LogP contribution in [0.4, 0.5) is 0 Å². The lowest BCUT2D eigenvalue weighted by molar-refractivity contribution is 0.0937. The van der Waals surface area contributed by atoms with Crippen LogP contribution in [0.25, 0.3) is 0 Å². The number of hydrogen-bond acceptors (Lipinski definition) is 1. The smallest absolute Gasteiger partial charge is 0.252 e. The van der Waals surface area contributed by atoms with Crippen LogP contribution < -0.4 is 5.32 Å². The second kappa shape index (κ2) is 5.76. The molecule has 1 aromatic rings. The zero-order valence-corrected chi connectivity index (χ0v) is 12.7. The van der Waals surface area contributed by atoms with Gasteiger partial charge in [0.25, 0.3) is 5.91 Å². The average Bonchev–Trinajstić information content (AvgIpc) is 2.68. The number of alkyl halides is 1. The molecule has 2 nitrogen and oxygen atoms in total. The van der Waals surface area contributed by atoms with Crippen molar-refractivity contribution < 1.29 is 4.79 Å². The molecule has 1 saturated carbocycles. The van der Waals surface area contributed by atoms with E-state index >= 15 is 0 Å². The van der Waals surface area contributed by atoms with E-state index in [1.54, 1.807) is 12.1 Å². The molecule has 2 unspecified atom stereocenters. The van der Waals surface area contributed by atoms with Gasteiger partial charge in [0.1, 0.15) is 0 Å². The predicted molar refractivity (Wildman–Crippen MR) is 78.9 cm³/mol. The van der Waals surface area contributed by atoms with Gasteiger partial charge in [-0.1, -0.05) is 11.6 Å². The van der Waals surface area contributed by atoms with Crippen LogP contribution in [-0.4, -0.2) is 17.3 Å². The third-order valence-electron chi connectivity index (χ3n) is 2.92. The number of carbonyl (C=O) groups is 1. The van der Waals surface area contributed by atoms with Crippen molar-refractivity contribution in [3.05, 3.63) is 32.4 Å². The standard InChI is InChI=1S/C12H12Cl2INO/c13-7-4-5-10(15)8(6-7)12(17)16-11-3-1-2-9(11)14/h4-6,9,11H,1-3H2,(H,16,17). The highest BCUT2D eigenvalue weighted by Gasteiger charge is 2.27. The highest BCUT2D eigenvalue weighted by atomic mass is 127. The predicted octanol–water partition coefficient (Wildman–Crippen LogP) is 3.83. The number of nitrogens with one attached hydrogen (secondary N) is 1. The van der Waals surface area contributed by atoms with E-state index in [1.807, 2.05) is 6.07 Å². The van der Waals surface area contributed by atoms with Crippen LogP contribution >= 0.6 is 45.8 Å². The number of carbonyl (C=O) groups excluding carboxylic acids is 1. The number of benzene rings is 1. The van der Waals surface area contributed by atoms with Crippen molar-refractivity contribution in [1.82, 2.24) is 5.32 Å². The summed E-state index contributed by atoms with van der Waals surface area (Å²) in [5.74, 6) is -0.0885. The van der Waals surface area contributed by atoms with E-state index in [0.29, 0.717) is 10.6 Å². The maximum Gasteiger partial charge on any atom is 0.252 e. The van der Waals surface area contributed by atoms with Crippen LogP contribution in [0, 0.1) is 3.57 Å². The molecule has 0 heterocycles. The van der Waals surface area contributed by atoms with Gasteiger partial charge in [0, 0.05) is 14.6 Å². The van der Waals surface area contributed by atoms with Crippen molar-refractivity contribution in [3.8, 4) is 0 Å². The molecule has 1 aromatic carbocycles. The Labute approximate surface area is 124 Å². The van der Waals surface area contributed by atoms with Crippen molar-refractivity contribution in [2.24, 2.45) is 0 Å². The van der Waals surface area contributed by atoms with Gasteiger partial charge in [-0.3, -0.25) is 4.79 Å². The zero-order chi connectivity index (χ0) is 12.4. The fraction of sp³-hybridized carbons (Fsp3) is 0.417. The van der Waals surface area contributed by atoms with Crippen LogP contribution in [0.1, 0.15) is 29.6 Å². The third kappa shape index (κ3) is 3.26. The maximum absolute atomic E-state index is 12.1. The van der Waals surface area contributed by atoms with Crippen LogP contribution in [0.3, 0.4) is 0 Å². The van der Waals surface area contributed by atoms with Gasteiger partial charge < -0.3 is 5.32 Å². The Hall–Kier alpha value is -0.000000000000000111. The fourth-order valence-electron chi connectivity index (χ4n) is 2.00. The summed E-state index contributed by atoms with van der Waals surface area (Å²) in [4.78, 5) is 12.1. The van der Waals surface area contributed by atoms with E-state index < -0.39 is 0 Å². The first-order valence-corrected chi connectivity index (χ1v) is 7.37. The minimum absolute atomic E-state index is 0.0517. The molecular formula is C12H12Cl2INO. The SMILES string of the molecule is O=C(NC1CCCC1Cl)c1cc(Cl)ccc1I. The molecular weight excluding hydrogens is 372 g/mol. The topological polar surface area (TPSA) is 29.1 Å². The Morgan fingerprint density at radius 3 is 2.82 bits per heavy atom. The Morgan fingerprint density at radius 2 is 2.18 bits per heavy atom. The van der Waals surface area contributed by atoms with E-state index in [1.165, 1.54) is 0 Å². The zero-order valence-electron chi connectivity index (χ0n) is 9.05. The second-order valence-electron chi connectivity index (χ2n) is 4.15. The van der Waals surface area contributed by atoms with Crippen molar-refractivity contribution in [2.75, 3.05) is 0 Å².